The quantitative estimate of drug-likeness (QED) is 0.224. The van der Waals surface area contributed by atoms with Crippen molar-refractivity contribution in [2.24, 2.45) is 10.9 Å². The highest BCUT2D eigenvalue weighted by molar-refractivity contribution is 5.57. The lowest BCUT2D eigenvalue weighted by molar-refractivity contribution is 0.633. The van der Waals surface area contributed by atoms with Crippen LogP contribution in [0.3, 0.4) is 0 Å². The van der Waals surface area contributed by atoms with Gasteiger partial charge in [-0.15, -0.1) is 0 Å². The van der Waals surface area contributed by atoms with Crippen LogP contribution in [0.15, 0.2) is 28.8 Å². The average Bonchev–Trinajstić information content (AvgIpc) is 2.44. The largest absolute Gasteiger partial charge is 0.293 e. The van der Waals surface area contributed by atoms with Gasteiger partial charge in [-0.1, -0.05) is 71.6 Å². The lowest BCUT2D eigenvalue weighted by Gasteiger charge is -2.04. The second-order valence-electron chi connectivity index (χ2n) is 5.71. The van der Waals surface area contributed by atoms with Gasteiger partial charge in [-0.05, 0) is 43.4 Å². The molecule has 0 amide bonds. The molecule has 0 N–H and O–H groups in total. The Bertz CT molecular complexity index is 286. The van der Waals surface area contributed by atoms with Gasteiger partial charge in [-0.25, -0.2) is 0 Å². The van der Waals surface area contributed by atoms with E-state index in [1.807, 2.05) is 0 Å². The van der Waals surface area contributed by atoms with Crippen LogP contribution in [0.1, 0.15) is 79.1 Å². The zero-order valence-corrected chi connectivity index (χ0v) is 14.2. The van der Waals surface area contributed by atoms with E-state index in [-0.39, 0.29) is 0 Å². The maximum atomic E-state index is 4.57. The Kier molecular flexibility index (Phi) is 13.9. The number of hydrogen-bond acceptors (Lipinski definition) is 1. The number of nitrogens with zero attached hydrogens (tertiary/aromatic N) is 1. The predicted molar refractivity (Wildman–Crippen MR) is 93.7 cm³/mol. The Morgan fingerprint density at radius 1 is 1.00 bits per heavy atom. The second-order valence-corrected chi connectivity index (χ2v) is 5.71. The highest BCUT2D eigenvalue weighted by Gasteiger charge is 1.96. The van der Waals surface area contributed by atoms with Gasteiger partial charge in [-0.2, -0.15) is 0 Å². The first-order valence-corrected chi connectivity index (χ1v) is 8.60. The van der Waals surface area contributed by atoms with E-state index in [0.29, 0.717) is 5.92 Å². The van der Waals surface area contributed by atoms with E-state index in [2.05, 4.69) is 57.1 Å². The molecule has 0 aliphatic rings. The van der Waals surface area contributed by atoms with E-state index in [9.17, 15) is 0 Å². The van der Waals surface area contributed by atoms with Gasteiger partial charge in [0.2, 0.25) is 0 Å². The van der Waals surface area contributed by atoms with E-state index in [1.54, 1.807) is 0 Å². The molecule has 0 radical (unpaired) electrons. The fourth-order valence-corrected chi connectivity index (χ4v) is 2.07. The van der Waals surface area contributed by atoms with Crippen molar-refractivity contribution < 1.29 is 0 Å². The molecule has 1 atom stereocenters. The molecule has 1 heteroatoms. The summed E-state index contributed by atoms with van der Waals surface area (Å²) in [4.78, 5) is 4.57. The zero-order valence-electron chi connectivity index (χ0n) is 14.2. The van der Waals surface area contributed by atoms with Gasteiger partial charge in [0.1, 0.15) is 0 Å². The summed E-state index contributed by atoms with van der Waals surface area (Å²) in [7, 11) is 0. The van der Waals surface area contributed by atoms with Gasteiger partial charge >= 0.3 is 0 Å². The average molecular weight is 277 g/mol. The SMILES string of the molecule is CCCC/C=N/CC(/C=C\C(C)CCC)=C/CCCC. The summed E-state index contributed by atoms with van der Waals surface area (Å²) in [5.41, 5.74) is 1.38. The van der Waals surface area contributed by atoms with Crippen LogP contribution in [0.2, 0.25) is 0 Å². The number of rotatable bonds is 12. The van der Waals surface area contributed by atoms with E-state index >= 15 is 0 Å². The second kappa shape index (κ2) is 14.6. The van der Waals surface area contributed by atoms with Crippen molar-refractivity contribution >= 4 is 6.21 Å². The molecule has 0 spiro atoms. The molecule has 0 fully saturated rings. The molecule has 0 rings (SSSR count). The van der Waals surface area contributed by atoms with Crippen LogP contribution in [-0.2, 0) is 0 Å². The lowest BCUT2D eigenvalue weighted by Crippen LogP contribution is -1.91. The van der Waals surface area contributed by atoms with Crippen molar-refractivity contribution in [3.63, 3.8) is 0 Å². The fraction of sp³-hybridized carbons (Fsp3) is 0.737. The molecule has 0 aliphatic carbocycles. The Hall–Kier alpha value is -0.850. The van der Waals surface area contributed by atoms with Gasteiger partial charge in [0.15, 0.2) is 0 Å². The number of unbranched alkanes of at least 4 members (excludes halogenated alkanes) is 4. The van der Waals surface area contributed by atoms with Crippen LogP contribution in [-0.4, -0.2) is 12.8 Å². The van der Waals surface area contributed by atoms with E-state index < -0.39 is 0 Å². The fourth-order valence-electron chi connectivity index (χ4n) is 2.07. The van der Waals surface area contributed by atoms with Crippen molar-refractivity contribution in [3.8, 4) is 0 Å². The van der Waals surface area contributed by atoms with Gasteiger partial charge in [0.25, 0.3) is 0 Å². The minimum atomic E-state index is 0.679. The molecule has 0 aliphatic heterocycles. The van der Waals surface area contributed by atoms with Gasteiger partial charge < -0.3 is 0 Å². The predicted octanol–water partition coefficient (Wildman–Crippen LogP) is 6.36. The van der Waals surface area contributed by atoms with Crippen LogP contribution in [0.5, 0.6) is 0 Å². The molecule has 1 nitrogen and oxygen atoms in total. The smallest absolute Gasteiger partial charge is 0.0632 e. The Balaban J connectivity index is 4.33. The molecule has 0 saturated carbocycles. The summed E-state index contributed by atoms with van der Waals surface area (Å²) in [5, 5.41) is 0. The molecule has 0 aromatic rings. The summed E-state index contributed by atoms with van der Waals surface area (Å²) < 4.78 is 0. The van der Waals surface area contributed by atoms with Crippen molar-refractivity contribution in [2.45, 2.75) is 79.1 Å². The Labute approximate surface area is 127 Å². The lowest BCUT2D eigenvalue weighted by atomic mass is 10.0. The molecule has 0 aromatic carbocycles. The van der Waals surface area contributed by atoms with E-state index in [4.69, 9.17) is 0 Å². The minimum Gasteiger partial charge on any atom is -0.293 e. The summed E-state index contributed by atoms with van der Waals surface area (Å²) in [5.74, 6) is 0.679. The first-order valence-electron chi connectivity index (χ1n) is 8.60. The molecular formula is C19H35N. The van der Waals surface area contributed by atoms with Crippen molar-refractivity contribution in [3.05, 3.63) is 23.8 Å². The Morgan fingerprint density at radius 2 is 1.70 bits per heavy atom. The molecule has 0 saturated heterocycles. The third-order valence-corrected chi connectivity index (χ3v) is 3.44. The summed E-state index contributed by atoms with van der Waals surface area (Å²) in [6, 6.07) is 0. The van der Waals surface area contributed by atoms with Crippen LogP contribution in [0.25, 0.3) is 0 Å². The minimum absolute atomic E-state index is 0.679. The molecule has 116 valence electrons. The molecule has 0 aromatic heterocycles. The normalized spacial score (nSPS) is 14.5. The summed E-state index contributed by atoms with van der Waals surface area (Å²) >= 11 is 0. The monoisotopic (exact) mass is 277 g/mol. The molecule has 20 heavy (non-hydrogen) atoms. The van der Waals surface area contributed by atoms with Crippen LogP contribution < -0.4 is 0 Å². The maximum absolute atomic E-state index is 4.57. The van der Waals surface area contributed by atoms with E-state index in [1.165, 1.54) is 50.5 Å². The molecule has 0 heterocycles. The highest BCUT2D eigenvalue weighted by Crippen LogP contribution is 2.10. The maximum Gasteiger partial charge on any atom is 0.0632 e. The van der Waals surface area contributed by atoms with E-state index in [0.717, 1.165) is 13.0 Å². The first-order chi connectivity index (χ1) is 9.74. The number of aliphatic imine (C=N–C) groups is 1. The topological polar surface area (TPSA) is 12.4 Å². The van der Waals surface area contributed by atoms with Gasteiger partial charge in [0, 0.05) is 0 Å². The van der Waals surface area contributed by atoms with Gasteiger partial charge in [0.05, 0.1) is 6.54 Å². The number of allylic oxidation sites excluding steroid dienone is 2. The third kappa shape index (κ3) is 12.2. The first kappa shape index (κ1) is 19.1. The van der Waals surface area contributed by atoms with Crippen molar-refractivity contribution in [1.29, 1.82) is 0 Å². The molecular weight excluding hydrogens is 242 g/mol. The standard InChI is InChI=1S/C19H35N/c1-5-8-10-13-19(15-14-18(4)12-7-3)17-20-16-11-9-6-2/h13-16,18H,5-12,17H2,1-4H3/b15-14-,19-13+,20-16+. The highest BCUT2D eigenvalue weighted by atomic mass is 14.7. The van der Waals surface area contributed by atoms with Crippen molar-refractivity contribution in [1.82, 2.24) is 0 Å². The molecule has 1 unspecified atom stereocenters. The zero-order chi connectivity index (χ0) is 15.1. The van der Waals surface area contributed by atoms with Crippen molar-refractivity contribution in [2.75, 3.05) is 6.54 Å². The summed E-state index contributed by atoms with van der Waals surface area (Å²) in [6.07, 6.45) is 19.0. The number of hydrogen-bond donors (Lipinski definition) is 0. The van der Waals surface area contributed by atoms with Crippen LogP contribution in [0, 0.1) is 5.92 Å². The molecule has 0 bridgehead atoms. The van der Waals surface area contributed by atoms with Gasteiger partial charge in [-0.3, -0.25) is 4.99 Å². The van der Waals surface area contributed by atoms with Crippen LogP contribution in [0.4, 0.5) is 0 Å². The van der Waals surface area contributed by atoms with Crippen LogP contribution >= 0.6 is 0 Å². The third-order valence-electron chi connectivity index (χ3n) is 3.44. The Morgan fingerprint density at radius 3 is 2.35 bits per heavy atom. The summed E-state index contributed by atoms with van der Waals surface area (Å²) in [6.45, 7) is 9.87.